The van der Waals surface area contributed by atoms with E-state index in [-0.39, 0.29) is 5.75 Å². The van der Waals surface area contributed by atoms with Crippen LogP contribution in [-0.2, 0) is 0 Å². The van der Waals surface area contributed by atoms with Gasteiger partial charge in [-0.3, -0.25) is 0 Å². The molecule has 1 rings (SSSR count). The van der Waals surface area contributed by atoms with Crippen LogP contribution in [0.25, 0.3) is 0 Å². The third-order valence-corrected chi connectivity index (χ3v) is 1.61. The molecule has 1 aromatic carbocycles. The molecule has 0 saturated heterocycles. The Morgan fingerprint density at radius 3 is 2.19 bits per heavy atom. The quantitative estimate of drug-likeness (QED) is 0.716. The molecule has 0 aliphatic rings. The topological polar surface area (TPSA) is 18.5 Å². The van der Waals surface area contributed by atoms with E-state index in [4.69, 9.17) is 4.74 Å². The highest BCUT2D eigenvalue weighted by molar-refractivity contribution is 5.31. The summed E-state index contributed by atoms with van der Waals surface area (Å²) in [5, 5.41) is 0. The van der Waals surface area contributed by atoms with Crippen LogP contribution in [0.1, 0.15) is 13.8 Å². The molecule has 0 aromatic heterocycles. The Morgan fingerprint density at radius 1 is 1.25 bits per heavy atom. The van der Waals surface area contributed by atoms with Gasteiger partial charge >= 0.3 is 6.11 Å². The van der Waals surface area contributed by atoms with Gasteiger partial charge in [0.2, 0.25) is 0 Å². The molecule has 0 spiro atoms. The van der Waals surface area contributed by atoms with Crippen LogP contribution in [0.5, 0.6) is 11.5 Å². The first-order chi connectivity index (χ1) is 7.37. The maximum atomic E-state index is 12.5. The van der Waals surface area contributed by atoms with Gasteiger partial charge in [0.25, 0.3) is 0 Å². The third-order valence-electron chi connectivity index (χ3n) is 1.61. The van der Waals surface area contributed by atoms with Crippen LogP contribution < -0.4 is 9.47 Å². The largest absolute Gasteiger partial charge is 0.489 e. The molecular weight excluding hydrogens is 214 g/mol. The second kappa shape index (κ2) is 4.96. The van der Waals surface area contributed by atoms with E-state index in [2.05, 4.69) is 11.3 Å². The summed E-state index contributed by atoms with van der Waals surface area (Å²) in [4.78, 5) is 0. The summed E-state index contributed by atoms with van der Waals surface area (Å²) in [6, 6.07) is 6.02. The molecule has 16 heavy (non-hydrogen) atoms. The van der Waals surface area contributed by atoms with Crippen molar-refractivity contribution in [2.75, 3.05) is 6.61 Å². The smallest absolute Gasteiger partial charge is 0.394 e. The molecule has 0 aliphatic heterocycles. The fraction of sp³-hybridized carbons (Fsp3) is 0.333. The molecule has 0 saturated carbocycles. The second-order valence-electron chi connectivity index (χ2n) is 3.63. The molecule has 4 heteroatoms. The lowest BCUT2D eigenvalue weighted by atomic mass is 10.3. The molecule has 0 N–H and O–H groups in total. The number of benzene rings is 1. The van der Waals surface area contributed by atoms with Crippen molar-refractivity contribution >= 4 is 0 Å². The minimum atomic E-state index is -3.17. The van der Waals surface area contributed by atoms with Gasteiger partial charge in [-0.2, -0.15) is 8.78 Å². The Hall–Kier alpha value is -1.58. The molecule has 2 nitrogen and oxygen atoms in total. The summed E-state index contributed by atoms with van der Waals surface area (Å²) >= 11 is 0. The van der Waals surface area contributed by atoms with Gasteiger partial charge in [-0.15, -0.1) is 0 Å². The summed E-state index contributed by atoms with van der Waals surface area (Å²) in [6.45, 7) is 6.63. The first-order valence-electron chi connectivity index (χ1n) is 4.81. The van der Waals surface area contributed by atoms with Gasteiger partial charge in [-0.1, -0.05) is 6.58 Å². The van der Waals surface area contributed by atoms with Crippen molar-refractivity contribution in [1.29, 1.82) is 0 Å². The van der Waals surface area contributed by atoms with Crippen LogP contribution in [0.2, 0.25) is 0 Å². The molecular formula is C12H14F2O2. The van der Waals surface area contributed by atoms with E-state index in [0.29, 0.717) is 19.3 Å². The molecule has 0 amide bonds. The summed E-state index contributed by atoms with van der Waals surface area (Å²) in [7, 11) is 0. The summed E-state index contributed by atoms with van der Waals surface area (Å²) in [5.74, 6) is 0.699. The summed E-state index contributed by atoms with van der Waals surface area (Å²) < 4.78 is 34.7. The molecule has 0 unspecified atom stereocenters. The van der Waals surface area contributed by atoms with Crippen molar-refractivity contribution in [3.63, 3.8) is 0 Å². The summed E-state index contributed by atoms with van der Waals surface area (Å²) in [5.41, 5.74) is 0.889. The first-order valence-corrected chi connectivity index (χ1v) is 4.81. The van der Waals surface area contributed by atoms with Crippen molar-refractivity contribution in [3.8, 4) is 11.5 Å². The number of alkyl halides is 2. The first kappa shape index (κ1) is 12.5. The lowest BCUT2D eigenvalue weighted by Gasteiger charge is -2.13. The highest BCUT2D eigenvalue weighted by Crippen LogP contribution is 2.23. The van der Waals surface area contributed by atoms with Gasteiger partial charge in [-0.25, -0.2) is 0 Å². The zero-order valence-electron chi connectivity index (χ0n) is 9.30. The molecule has 0 fully saturated rings. The number of halogens is 2. The van der Waals surface area contributed by atoms with E-state index in [0.717, 1.165) is 5.57 Å². The normalized spacial score (nSPS) is 11.0. The maximum absolute atomic E-state index is 12.5. The SMILES string of the molecule is C=C(C)COc1ccc(OC(C)(F)F)cc1. The number of ether oxygens (including phenoxy) is 2. The average molecular weight is 228 g/mol. The van der Waals surface area contributed by atoms with Crippen LogP contribution >= 0.6 is 0 Å². The van der Waals surface area contributed by atoms with Gasteiger partial charge < -0.3 is 9.47 Å². The number of hydrogen-bond acceptors (Lipinski definition) is 2. The van der Waals surface area contributed by atoms with Crippen molar-refractivity contribution in [2.24, 2.45) is 0 Å². The zero-order valence-corrected chi connectivity index (χ0v) is 9.30. The van der Waals surface area contributed by atoms with Crippen molar-refractivity contribution in [2.45, 2.75) is 20.0 Å². The maximum Gasteiger partial charge on any atom is 0.394 e. The minimum Gasteiger partial charge on any atom is -0.489 e. The van der Waals surface area contributed by atoms with Gasteiger partial charge in [0.05, 0.1) is 0 Å². The Kier molecular flexibility index (Phi) is 3.88. The fourth-order valence-electron chi connectivity index (χ4n) is 1.02. The third kappa shape index (κ3) is 4.77. The van der Waals surface area contributed by atoms with Crippen molar-refractivity contribution < 1.29 is 18.3 Å². The minimum absolute atomic E-state index is 0.107. The van der Waals surface area contributed by atoms with Gasteiger partial charge in [0.1, 0.15) is 18.1 Å². The molecule has 0 atom stereocenters. The second-order valence-corrected chi connectivity index (χ2v) is 3.63. The van der Waals surface area contributed by atoms with E-state index < -0.39 is 6.11 Å². The number of rotatable bonds is 5. The van der Waals surface area contributed by atoms with Gasteiger partial charge in [0.15, 0.2) is 0 Å². The van der Waals surface area contributed by atoms with E-state index in [1.54, 1.807) is 12.1 Å². The Bertz CT molecular complexity index is 352. The monoisotopic (exact) mass is 228 g/mol. The Balaban J connectivity index is 2.57. The van der Waals surface area contributed by atoms with E-state index in [1.165, 1.54) is 12.1 Å². The molecule has 0 heterocycles. The lowest BCUT2D eigenvalue weighted by Crippen LogP contribution is -2.18. The van der Waals surface area contributed by atoms with E-state index >= 15 is 0 Å². The highest BCUT2D eigenvalue weighted by atomic mass is 19.3. The van der Waals surface area contributed by atoms with Crippen LogP contribution in [0.15, 0.2) is 36.4 Å². The summed E-state index contributed by atoms with van der Waals surface area (Å²) in [6.07, 6.45) is -3.17. The number of hydrogen-bond donors (Lipinski definition) is 0. The Morgan fingerprint density at radius 2 is 1.75 bits per heavy atom. The van der Waals surface area contributed by atoms with E-state index in [1.807, 2.05) is 6.92 Å². The van der Waals surface area contributed by atoms with Crippen molar-refractivity contribution in [1.82, 2.24) is 0 Å². The standard InChI is InChI=1S/C12H14F2O2/c1-9(2)8-15-10-4-6-11(7-5-10)16-12(3,13)14/h4-7H,1,8H2,2-3H3. The van der Waals surface area contributed by atoms with E-state index in [9.17, 15) is 8.78 Å². The molecule has 1 aromatic rings. The zero-order chi connectivity index (χ0) is 12.2. The fourth-order valence-corrected chi connectivity index (χ4v) is 1.02. The van der Waals surface area contributed by atoms with Crippen LogP contribution in [0.4, 0.5) is 8.78 Å². The van der Waals surface area contributed by atoms with Crippen LogP contribution in [0, 0.1) is 0 Å². The molecule has 0 radical (unpaired) electrons. The Labute approximate surface area is 93.5 Å². The predicted octanol–water partition coefficient (Wildman–Crippen LogP) is 3.63. The average Bonchev–Trinajstić information content (AvgIpc) is 2.14. The predicted molar refractivity (Wildman–Crippen MR) is 58.0 cm³/mol. The highest BCUT2D eigenvalue weighted by Gasteiger charge is 2.22. The van der Waals surface area contributed by atoms with Crippen molar-refractivity contribution in [3.05, 3.63) is 36.4 Å². The molecule has 0 aliphatic carbocycles. The van der Waals surface area contributed by atoms with Crippen LogP contribution in [0.3, 0.4) is 0 Å². The molecule has 0 bridgehead atoms. The van der Waals surface area contributed by atoms with Gasteiger partial charge in [-0.05, 0) is 36.8 Å². The van der Waals surface area contributed by atoms with Crippen LogP contribution in [-0.4, -0.2) is 12.7 Å². The van der Waals surface area contributed by atoms with Gasteiger partial charge in [0, 0.05) is 6.92 Å². The lowest BCUT2D eigenvalue weighted by molar-refractivity contribution is -0.158. The molecule has 88 valence electrons.